The van der Waals surface area contributed by atoms with Crippen LogP contribution in [0.4, 0.5) is 0 Å². The zero-order chi connectivity index (χ0) is 12.7. The maximum atomic E-state index is 8.94. The summed E-state index contributed by atoms with van der Waals surface area (Å²) < 4.78 is 2.09. The van der Waals surface area contributed by atoms with Gasteiger partial charge in [0.1, 0.15) is 0 Å². The van der Waals surface area contributed by atoms with Crippen LogP contribution in [0.25, 0.3) is 0 Å². The zero-order valence-corrected chi connectivity index (χ0v) is 11.9. The van der Waals surface area contributed by atoms with Gasteiger partial charge in [0.15, 0.2) is 0 Å². The Hall–Kier alpha value is -0.480. The maximum Gasteiger partial charge on any atom is 0.0723 e. The number of hydrogen-bond acceptors (Lipinski definition) is 3. The number of aliphatic hydroxyl groups is 1. The van der Waals surface area contributed by atoms with E-state index in [0.717, 1.165) is 30.0 Å². The highest BCUT2D eigenvalue weighted by molar-refractivity contribution is 7.98. The van der Waals surface area contributed by atoms with Crippen molar-refractivity contribution in [2.24, 2.45) is 5.92 Å². The molecule has 98 valence electrons. The number of aliphatic hydroxyl groups excluding tert-OH is 1. The van der Waals surface area contributed by atoms with Gasteiger partial charge in [-0.3, -0.25) is 4.68 Å². The fraction of sp³-hybridized carbons (Fsp3) is 0.769. The van der Waals surface area contributed by atoms with Gasteiger partial charge in [-0.1, -0.05) is 20.8 Å². The number of thioether (sulfide) groups is 1. The lowest BCUT2D eigenvalue weighted by atomic mass is 10.2. The van der Waals surface area contributed by atoms with E-state index in [4.69, 9.17) is 5.11 Å². The van der Waals surface area contributed by atoms with Gasteiger partial charge in [0.2, 0.25) is 0 Å². The van der Waals surface area contributed by atoms with Crippen molar-refractivity contribution < 1.29 is 5.11 Å². The Morgan fingerprint density at radius 3 is 2.71 bits per heavy atom. The van der Waals surface area contributed by atoms with Crippen LogP contribution in [-0.2, 0) is 5.75 Å². The first-order chi connectivity index (χ1) is 8.21. The first kappa shape index (κ1) is 14.6. The quantitative estimate of drug-likeness (QED) is 0.776. The molecule has 0 aliphatic heterocycles. The van der Waals surface area contributed by atoms with Gasteiger partial charge in [0.25, 0.3) is 0 Å². The molecule has 1 unspecified atom stereocenters. The average Bonchev–Trinajstić information content (AvgIpc) is 2.79. The number of nitrogens with zero attached hydrogens (tertiary/aromatic N) is 2. The summed E-state index contributed by atoms with van der Waals surface area (Å²) in [6.45, 7) is 6.74. The van der Waals surface area contributed by atoms with Crippen LogP contribution in [0, 0.1) is 5.92 Å². The van der Waals surface area contributed by atoms with Crippen molar-refractivity contribution >= 4 is 11.8 Å². The van der Waals surface area contributed by atoms with E-state index in [0.29, 0.717) is 12.0 Å². The smallest absolute Gasteiger partial charge is 0.0723 e. The molecule has 17 heavy (non-hydrogen) atoms. The third-order valence-corrected chi connectivity index (χ3v) is 4.25. The van der Waals surface area contributed by atoms with E-state index in [1.165, 1.54) is 0 Å². The van der Waals surface area contributed by atoms with Gasteiger partial charge in [-0.2, -0.15) is 16.9 Å². The molecule has 1 atom stereocenters. The van der Waals surface area contributed by atoms with Crippen LogP contribution in [-0.4, -0.2) is 27.2 Å². The summed E-state index contributed by atoms with van der Waals surface area (Å²) in [5.74, 6) is 2.31. The highest BCUT2D eigenvalue weighted by atomic mass is 32.2. The minimum Gasteiger partial charge on any atom is -0.396 e. The van der Waals surface area contributed by atoms with Crippen LogP contribution in [0.3, 0.4) is 0 Å². The lowest BCUT2D eigenvalue weighted by molar-refractivity contribution is 0.250. The highest BCUT2D eigenvalue weighted by Crippen LogP contribution is 2.18. The summed E-state index contributed by atoms with van der Waals surface area (Å²) in [5.41, 5.74) is 1.15. The number of hydrogen-bond donors (Lipinski definition) is 1. The van der Waals surface area contributed by atoms with Crippen LogP contribution in [0.2, 0.25) is 0 Å². The van der Waals surface area contributed by atoms with E-state index in [1.54, 1.807) is 0 Å². The van der Waals surface area contributed by atoms with Gasteiger partial charge in [-0.15, -0.1) is 0 Å². The molecule has 1 aromatic rings. The molecule has 0 aliphatic rings. The van der Waals surface area contributed by atoms with E-state index in [1.807, 2.05) is 11.8 Å². The Bertz CT molecular complexity index is 310. The summed E-state index contributed by atoms with van der Waals surface area (Å²) in [6.07, 6.45) is 4.35. The van der Waals surface area contributed by atoms with Crippen LogP contribution in [0.5, 0.6) is 0 Å². The summed E-state index contributed by atoms with van der Waals surface area (Å²) in [4.78, 5) is 0. The van der Waals surface area contributed by atoms with E-state index in [-0.39, 0.29) is 6.61 Å². The second-order valence-corrected chi connectivity index (χ2v) is 5.59. The molecule has 1 aromatic heterocycles. The molecule has 0 amide bonds. The molecule has 0 saturated carbocycles. The van der Waals surface area contributed by atoms with Crippen molar-refractivity contribution in [3.63, 3.8) is 0 Å². The first-order valence-electron chi connectivity index (χ1n) is 6.43. The topological polar surface area (TPSA) is 38.0 Å². The van der Waals surface area contributed by atoms with E-state index in [2.05, 4.69) is 42.8 Å². The van der Waals surface area contributed by atoms with Crippen LogP contribution in [0.15, 0.2) is 12.3 Å². The van der Waals surface area contributed by atoms with Gasteiger partial charge in [-0.05, 0) is 30.6 Å². The van der Waals surface area contributed by atoms with Crippen molar-refractivity contribution in [1.29, 1.82) is 0 Å². The molecule has 1 N–H and O–H groups in total. The second kappa shape index (κ2) is 7.77. The van der Waals surface area contributed by atoms with E-state index in [9.17, 15) is 0 Å². The van der Waals surface area contributed by atoms with Crippen molar-refractivity contribution in [3.8, 4) is 0 Å². The number of aromatic nitrogens is 2. The Morgan fingerprint density at radius 1 is 1.41 bits per heavy atom. The SMILES string of the molecule is CCC(CC)n1ccc(CSCC(C)CO)n1. The van der Waals surface area contributed by atoms with Gasteiger partial charge in [0.05, 0.1) is 11.7 Å². The monoisotopic (exact) mass is 256 g/mol. The lowest BCUT2D eigenvalue weighted by Crippen LogP contribution is -2.08. The summed E-state index contributed by atoms with van der Waals surface area (Å²) >= 11 is 1.84. The lowest BCUT2D eigenvalue weighted by Gasteiger charge is -2.12. The van der Waals surface area contributed by atoms with Gasteiger partial charge in [-0.25, -0.2) is 0 Å². The largest absolute Gasteiger partial charge is 0.396 e. The average molecular weight is 256 g/mol. The van der Waals surface area contributed by atoms with Gasteiger partial charge < -0.3 is 5.11 Å². The molecule has 0 saturated heterocycles. The molecule has 0 bridgehead atoms. The summed E-state index contributed by atoms with van der Waals surface area (Å²) in [6, 6.07) is 2.64. The third-order valence-electron chi connectivity index (χ3n) is 2.94. The van der Waals surface area contributed by atoms with Crippen molar-refractivity contribution in [1.82, 2.24) is 9.78 Å². The molecule has 0 spiro atoms. The number of rotatable bonds is 8. The standard InChI is InChI=1S/C13H24N2OS/c1-4-13(5-2)15-7-6-12(14-15)10-17-9-11(3)8-16/h6-7,11,13,16H,4-5,8-10H2,1-3H3. The van der Waals surface area contributed by atoms with Crippen LogP contribution < -0.4 is 0 Å². The molecule has 0 fully saturated rings. The first-order valence-corrected chi connectivity index (χ1v) is 7.59. The van der Waals surface area contributed by atoms with E-state index < -0.39 is 0 Å². The highest BCUT2D eigenvalue weighted by Gasteiger charge is 2.08. The molecular formula is C13H24N2OS. The summed E-state index contributed by atoms with van der Waals surface area (Å²) in [7, 11) is 0. The van der Waals surface area contributed by atoms with Crippen LogP contribution >= 0.6 is 11.8 Å². The van der Waals surface area contributed by atoms with Crippen molar-refractivity contribution in [3.05, 3.63) is 18.0 Å². The fourth-order valence-corrected chi connectivity index (χ4v) is 2.73. The molecule has 0 radical (unpaired) electrons. The fourth-order valence-electron chi connectivity index (χ4n) is 1.74. The molecule has 0 aromatic carbocycles. The third kappa shape index (κ3) is 4.72. The summed E-state index contributed by atoms with van der Waals surface area (Å²) in [5, 5.41) is 13.5. The Labute approximate surface area is 109 Å². The molecule has 0 aliphatic carbocycles. The minimum absolute atomic E-state index is 0.273. The predicted molar refractivity (Wildman–Crippen MR) is 74.3 cm³/mol. The molecular weight excluding hydrogens is 232 g/mol. The Balaban J connectivity index is 2.40. The second-order valence-electron chi connectivity index (χ2n) is 4.56. The normalized spacial score (nSPS) is 13.2. The Kier molecular flexibility index (Phi) is 6.66. The molecule has 4 heteroatoms. The maximum absolute atomic E-state index is 8.94. The van der Waals surface area contributed by atoms with Crippen molar-refractivity contribution in [2.45, 2.75) is 45.4 Å². The molecule has 1 heterocycles. The van der Waals surface area contributed by atoms with E-state index >= 15 is 0 Å². The van der Waals surface area contributed by atoms with Crippen LogP contribution in [0.1, 0.15) is 45.3 Å². The molecule has 1 rings (SSSR count). The predicted octanol–water partition coefficient (Wildman–Crippen LogP) is 3.11. The Morgan fingerprint density at radius 2 is 2.12 bits per heavy atom. The van der Waals surface area contributed by atoms with Crippen molar-refractivity contribution in [2.75, 3.05) is 12.4 Å². The molecule has 3 nitrogen and oxygen atoms in total. The van der Waals surface area contributed by atoms with Gasteiger partial charge >= 0.3 is 0 Å². The van der Waals surface area contributed by atoms with Gasteiger partial charge in [0, 0.05) is 18.6 Å². The zero-order valence-electron chi connectivity index (χ0n) is 11.1. The minimum atomic E-state index is 0.273.